The molecule has 0 aromatic heterocycles. The van der Waals surface area contributed by atoms with Gasteiger partial charge in [-0.05, 0) is 23.5 Å². The third-order valence-corrected chi connectivity index (χ3v) is 3.18. The average Bonchev–Trinajstić information content (AvgIpc) is 2.38. The first-order valence-electron chi connectivity index (χ1n) is 6.88. The van der Waals surface area contributed by atoms with Gasteiger partial charge >= 0.3 is 0 Å². The average molecular weight is 248 g/mol. The van der Waals surface area contributed by atoms with Crippen molar-refractivity contribution in [1.29, 1.82) is 0 Å². The summed E-state index contributed by atoms with van der Waals surface area (Å²) in [6.45, 7) is 9.04. The van der Waals surface area contributed by atoms with E-state index >= 15 is 0 Å². The first kappa shape index (κ1) is 13.5. The molecule has 0 aliphatic carbocycles. The van der Waals surface area contributed by atoms with Gasteiger partial charge in [-0.1, -0.05) is 38.1 Å². The smallest absolute Gasteiger partial charge is 0.0608 e. The molecular weight excluding hydrogens is 224 g/mol. The van der Waals surface area contributed by atoms with Gasteiger partial charge in [0.25, 0.3) is 0 Å². The van der Waals surface area contributed by atoms with Crippen LogP contribution < -0.4 is 5.43 Å². The Labute approximate surface area is 110 Å². The van der Waals surface area contributed by atoms with Crippen molar-refractivity contribution >= 4 is 0 Å². The van der Waals surface area contributed by atoms with Crippen molar-refractivity contribution in [2.75, 3.05) is 26.3 Å². The third kappa shape index (κ3) is 4.41. The zero-order valence-electron chi connectivity index (χ0n) is 11.5. The molecule has 1 fully saturated rings. The molecule has 2 rings (SSSR count). The van der Waals surface area contributed by atoms with Crippen molar-refractivity contribution in [2.45, 2.75) is 26.8 Å². The van der Waals surface area contributed by atoms with Gasteiger partial charge in [-0.15, -0.1) is 0 Å². The number of morpholine rings is 1. The van der Waals surface area contributed by atoms with Crippen LogP contribution in [0.1, 0.15) is 25.0 Å². The topological polar surface area (TPSA) is 24.5 Å². The lowest BCUT2D eigenvalue weighted by Gasteiger charge is -2.27. The fraction of sp³-hybridized carbons (Fsp3) is 0.600. The Bertz CT molecular complexity index is 342. The van der Waals surface area contributed by atoms with E-state index in [1.807, 2.05) is 0 Å². The molecule has 1 aliphatic heterocycles. The molecule has 1 aliphatic rings. The van der Waals surface area contributed by atoms with Gasteiger partial charge in [0.15, 0.2) is 0 Å². The Morgan fingerprint density at radius 2 is 1.72 bits per heavy atom. The number of hydrazine groups is 1. The molecule has 0 saturated carbocycles. The van der Waals surface area contributed by atoms with Gasteiger partial charge in [0.05, 0.1) is 13.2 Å². The first-order valence-corrected chi connectivity index (χ1v) is 6.88. The van der Waals surface area contributed by atoms with Crippen molar-refractivity contribution in [3.63, 3.8) is 0 Å². The van der Waals surface area contributed by atoms with Crippen LogP contribution in [0.15, 0.2) is 24.3 Å². The van der Waals surface area contributed by atoms with E-state index in [1.54, 1.807) is 0 Å². The summed E-state index contributed by atoms with van der Waals surface area (Å²) in [5.41, 5.74) is 6.22. The summed E-state index contributed by atoms with van der Waals surface area (Å²) in [6.07, 6.45) is 1.16. The van der Waals surface area contributed by atoms with Gasteiger partial charge in [-0.3, -0.25) is 5.43 Å². The molecule has 0 bridgehead atoms. The van der Waals surface area contributed by atoms with Gasteiger partial charge in [-0.2, -0.15) is 0 Å². The first-order chi connectivity index (χ1) is 8.74. The van der Waals surface area contributed by atoms with Crippen molar-refractivity contribution in [2.24, 2.45) is 5.92 Å². The fourth-order valence-corrected chi connectivity index (χ4v) is 2.19. The fourth-order valence-electron chi connectivity index (χ4n) is 2.19. The van der Waals surface area contributed by atoms with Crippen LogP contribution in [0, 0.1) is 5.92 Å². The molecule has 3 heteroatoms. The predicted octanol–water partition coefficient (Wildman–Crippen LogP) is 2.22. The maximum atomic E-state index is 5.32. The highest BCUT2D eigenvalue weighted by atomic mass is 16.5. The van der Waals surface area contributed by atoms with Gasteiger partial charge in [0.1, 0.15) is 0 Å². The largest absolute Gasteiger partial charge is 0.379 e. The van der Waals surface area contributed by atoms with Gasteiger partial charge in [0, 0.05) is 19.6 Å². The monoisotopic (exact) mass is 248 g/mol. The molecule has 0 amide bonds. The summed E-state index contributed by atoms with van der Waals surface area (Å²) in [4.78, 5) is 0. The number of ether oxygens (including phenoxy) is 1. The van der Waals surface area contributed by atoms with E-state index in [1.165, 1.54) is 11.1 Å². The molecular formula is C15H24N2O. The Morgan fingerprint density at radius 3 is 2.33 bits per heavy atom. The van der Waals surface area contributed by atoms with E-state index in [4.69, 9.17) is 4.74 Å². The van der Waals surface area contributed by atoms with Gasteiger partial charge in [0.2, 0.25) is 0 Å². The van der Waals surface area contributed by atoms with Gasteiger partial charge < -0.3 is 4.74 Å². The minimum Gasteiger partial charge on any atom is -0.379 e. The Morgan fingerprint density at radius 1 is 1.11 bits per heavy atom. The van der Waals surface area contributed by atoms with Crippen LogP contribution in [0.4, 0.5) is 0 Å². The number of hydrogen-bond donors (Lipinski definition) is 1. The predicted molar refractivity (Wildman–Crippen MR) is 74.2 cm³/mol. The lowest BCUT2D eigenvalue weighted by molar-refractivity contribution is 0.0106. The number of nitrogens with zero attached hydrogens (tertiary/aromatic N) is 1. The van der Waals surface area contributed by atoms with Crippen LogP contribution in [-0.4, -0.2) is 31.3 Å². The molecule has 18 heavy (non-hydrogen) atoms. The lowest BCUT2D eigenvalue weighted by atomic mass is 10.0. The van der Waals surface area contributed by atoms with Crippen LogP contribution >= 0.6 is 0 Å². The molecule has 1 aromatic carbocycles. The summed E-state index contributed by atoms with van der Waals surface area (Å²) in [5.74, 6) is 0.724. The Kier molecular flexibility index (Phi) is 5.17. The zero-order chi connectivity index (χ0) is 12.8. The standard InChI is InChI=1S/C15H24N2O/c1-13(2)11-14-3-5-15(6-4-14)12-16-17-7-9-18-10-8-17/h3-6,13,16H,7-12H2,1-2H3. The molecule has 0 radical (unpaired) electrons. The van der Waals surface area contributed by atoms with Crippen LogP contribution in [0.25, 0.3) is 0 Å². The molecule has 1 N–H and O–H groups in total. The summed E-state index contributed by atoms with van der Waals surface area (Å²) in [6, 6.07) is 8.95. The number of nitrogens with one attached hydrogen (secondary N) is 1. The molecule has 100 valence electrons. The second kappa shape index (κ2) is 6.88. The van der Waals surface area contributed by atoms with Gasteiger partial charge in [-0.25, -0.2) is 5.01 Å². The summed E-state index contributed by atoms with van der Waals surface area (Å²) in [7, 11) is 0. The maximum absolute atomic E-state index is 5.32. The quantitative estimate of drug-likeness (QED) is 0.865. The molecule has 0 spiro atoms. The highest BCUT2D eigenvalue weighted by molar-refractivity contribution is 5.22. The van der Waals surface area contributed by atoms with Crippen molar-refractivity contribution in [1.82, 2.24) is 10.4 Å². The lowest BCUT2D eigenvalue weighted by Crippen LogP contribution is -2.45. The van der Waals surface area contributed by atoms with E-state index in [-0.39, 0.29) is 0 Å². The number of hydrogen-bond acceptors (Lipinski definition) is 3. The molecule has 1 aromatic rings. The minimum absolute atomic E-state index is 0.724. The summed E-state index contributed by atoms with van der Waals surface area (Å²) < 4.78 is 5.32. The Balaban J connectivity index is 1.78. The highest BCUT2D eigenvalue weighted by Gasteiger charge is 2.09. The third-order valence-electron chi connectivity index (χ3n) is 3.18. The highest BCUT2D eigenvalue weighted by Crippen LogP contribution is 2.09. The summed E-state index contributed by atoms with van der Waals surface area (Å²) >= 11 is 0. The summed E-state index contributed by atoms with van der Waals surface area (Å²) in [5, 5.41) is 2.24. The van der Waals surface area contributed by atoms with Crippen molar-refractivity contribution in [3.05, 3.63) is 35.4 Å². The van der Waals surface area contributed by atoms with E-state index in [9.17, 15) is 0 Å². The van der Waals surface area contributed by atoms with Crippen LogP contribution in [-0.2, 0) is 17.7 Å². The SMILES string of the molecule is CC(C)Cc1ccc(CNN2CCOCC2)cc1. The normalized spacial score (nSPS) is 17.3. The number of benzene rings is 1. The van der Waals surface area contributed by atoms with E-state index in [0.717, 1.165) is 45.2 Å². The van der Waals surface area contributed by atoms with Crippen molar-refractivity contribution < 1.29 is 4.74 Å². The zero-order valence-corrected chi connectivity index (χ0v) is 11.5. The van der Waals surface area contributed by atoms with Crippen molar-refractivity contribution in [3.8, 4) is 0 Å². The van der Waals surface area contributed by atoms with E-state index < -0.39 is 0 Å². The van der Waals surface area contributed by atoms with E-state index in [2.05, 4.69) is 48.5 Å². The number of rotatable bonds is 5. The molecule has 1 heterocycles. The second-order valence-corrected chi connectivity index (χ2v) is 5.35. The second-order valence-electron chi connectivity index (χ2n) is 5.35. The minimum atomic E-state index is 0.724. The Hall–Kier alpha value is -0.900. The van der Waals surface area contributed by atoms with Crippen LogP contribution in [0.3, 0.4) is 0 Å². The molecule has 3 nitrogen and oxygen atoms in total. The molecule has 0 unspecified atom stereocenters. The molecule has 1 saturated heterocycles. The van der Waals surface area contributed by atoms with Crippen LogP contribution in [0.2, 0.25) is 0 Å². The molecule has 0 atom stereocenters. The maximum Gasteiger partial charge on any atom is 0.0608 e. The van der Waals surface area contributed by atoms with E-state index in [0.29, 0.717) is 0 Å². The van der Waals surface area contributed by atoms with Crippen LogP contribution in [0.5, 0.6) is 0 Å².